The van der Waals surface area contributed by atoms with Crippen LogP contribution in [0.2, 0.25) is 57.4 Å². The molecule has 1 aliphatic heterocycles. The van der Waals surface area contributed by atoms with Crippen molar-refractivity contribution >= 4 is 53.5 Å². The third-order valence-corrected chi connectivity index (χ3v) is 26.5. The molecule has 0 N–H and O–H groups in total. The van der Waals surface area contributed by atoms with Crippen LogP contribution in [0, 0.1) is 0 Å². The van der Waals surface area contributed by atoms with Gasteiger partial charge >= 0.3 is 26.4 Å². The van der Waals surface area contributed by atoms with Gasteiger partial charge < -0.3 is 24.7 Å². The van der Waals surface area contributed by atoms with E-state index in [2.05, 4.69) is 60.1 Å². The molecule has 0 spiro atoms. The highest BCUT2D eigenvalue weighted by molar-refractivity contribution is 6.93. The van der Waals surface area contributed by atoms with Gasteiger partial charge in [-0.1, -0.05) is 117 Å². The molecule has 0 atom stereocenters. The molecule has 1 aliphatic rings. The van der Waals surface area contributed by atoms with Crippen molar-refractivity contribution in [3.8, 4) is 0 Å². The number of hydrogen-bond acceptors (Lipinski definition) is 6. The van der Waals surface area contributed by atoms with Crippen LogP contribution in [0.3, 0.4) is 0 Å². The third-order valence-electron chi connectivity index (χ3n) is 7.52. The van der Waals surface area contributed by atoms with Crippen molar-refractivity contribution in [2.45, 2.75) is 194 Å². The minimum Gasteiger partial charge on any atom is -0.416 e. The monoisotopic (exact) mass is 693 g/mol. The summed E-state index contributed by atoms with van der Waals surface area (Å²) in [6, 6.07) is 2.60. The summed E-state index contributed by atoms with van der Waals surface area (Å²) in [5.74, 6) is 0. The van der Waals surface area contributed by atoms with Gasteiger partial charge in [0.2, 0.25) is 0 Å². The molecule has 1 saturated heterocycles. The zero-order chi connectivity index (χ0) is 31.3. The fraction of sp³-hybridized carbons (Fsp3) is 1.00. The van der Waals surface area contributed by atoms with Crippen molar-refractivity contribution in [1.82, 2.24) is 0 Å². The van der Waals surface area contributed by atoms with Gasteiger partial charge in [-0.3, -0.25) is 0 Å². The Morgan fingerprint density at radius 2 is 0.571 bits per heavy atom. The van der Waals surface area contributed by atoms with Crippen LogP contribution in [0.15, 0.2) is 0 Å². The van der Waals surface area contributed by atoms with Crippen LogP contribution < -0.4 is 0 Å². The Labute approximate surface area is 271 Å². The molecular weight excluding hydrogens is 625 g/mol. The highest BCUT2D eigenvalue weighted by Gasteiger charge is 2.67. The summed E-state index contributed by atoms with van der Waals surface area (Å²) >= 11 is 0. The summed E-state index contributed by atoms with van der Waals surface area (Å²) in [6.45, 7) is 20.2. The van der Waals surface area contributed by atoms with Crippen LogP contribution in [-0.4, -0.2) is 53.5 Å². The molecule has 6 nitrogen and oxygen atoms in total. The molecule has 249 valence electrons. The Morgan fingerprint density at radius 1 is 0.357 bits per heavy atom. The maximum Gasteiger partial charge on any atom is 0.475 e. The average molecular weight is 694 g/mol. The highest BCUT2D eigenvalue weighted by atomic mass is 28.6. The van der Waals surface area contributed by atoms with Crippen LogP contribution >= 0.6 is 0 Å². The predicted octanol–water partition coefficient (Wildman–Crippen LogP) is 10.8. The lowest BCUT2D eigenvalue weighted by atomic mass is 10.1. The van der Waals surface area contributed by atoms with Gasteiger partial charge in [0, 0.05) is 18.1 Å². The third kappa shape index (κ3) is 17.7. The van der Waals surface area contributed by atoms with Crippen molar-refractivity contribution in [3.63, 3.8) is 0 Å². The lowest BCUT2D eigenvalue weighted by Gasteiger charge is -2.52. The van der Waals surface area contributed by atoms with Crippen LogP contribution in [0.25, 0.3) is 0 Å². The maximum atomic E-state index is 7.24. The molecule has 1 heterocycles. The van der Waals surface area contributed by atoms with E-state index in [1.165, 1.54) is 96.3 Å². The van der Waals surface area contributed by atoms with Gasteiger partial charge in [0.1, 0.15) is 0 Å². The van der Waals surface area contributed by atoms with Crippen LogP contribution in [0.1, 0.15) is 136 Å². The van der Waals surface area contributed by atoms with Crippen molar-refractivity contribution in [2.75, 3.05) is 0 Å². The fourth-order valence-electron chi connectivity index (χ4n) is 5.66. The Balaban J connectivity index is 3.36. The van der Waals surface area contributed by atoms with Crippen LogP contribution in [0.5, 0.6) is 0 Å². The van der Waals surface area contributed by atoms with Crippen molar-refractivity contribution < 1.29 is 24.7 Å². The first-order chi connectivity index (χ1) is 20.1. The van der Waals surface area contributed by atoms with E-state index >= 15 is 0 Å². The molecule has 1 fully saturated rings. The quantitative estimate of drug-likeness (QED) is 0.0630. The molecule has 12 heteroatoms. The summed E-state index contributed by atoms with van der Waals surface area (Å²) < 4.78 is 42.6. The zero-order valence-corrected chi connectivity index (χ0v) is 35.3. The molecule has 0 aromatic heterocycles. The van der Waals surface area contributed by atoms with E-state index in [0.717, 1.165) is 37.4 Å². The van der Waals surface area contributed by atoms with Gasteiger partial charge in [-0.25, -0.2) is 0 Å². The predicted molar refractivity (Wildman–Crippen MR) is 191 cm³/mol. The fourth-order valence-corrected chi connectivity index (χ4v) is 29.4. The summed E-state index contributed by atoms with van der Waals surface area (Å²) in [7, 11) is -12.3. The highest BCUT2D eigenvalue weighted by Crippen LogP contribution is 2.42. The molecule has 42 heavy (non-hydrogen) atoms. The minimum absolute atomic E-state index is 0.868. The van der Waals surface area contributed by atoms with E-state index in [1.54, 1.807) is 0 Å². The largest absolute Gasteiger partial charge is 0.475 e. The van der Waals surface area contributed by atoms with E-state index in [4.69, 9.17) is 24.7 Å². The second kappa shape index (κ2) is 23.4. The van der Waals surface area contributed by atoms with Gasteiger partial charge in [-0.2, -0.15) is 0 Å². The molecule has 3 radical (unpaired) electrons. The number of rotatable bonds is 27. The molecule has 0 amide bonds. The van der Waals surface area contributed by atoms with E-state index in [-0.39, 0.29) is 0 Å². The number of unbranched alkanes of at least 4 members (excludes halogenated alkanes) is 15. The number of hydrogen-bond donors (Lipinski definition) is 0. The summed E-state index contributed by atoms with van der Waals surface area (Å²) in [5.41, 5.74) is 0. The molecule has 0 saturated carbocycles. The van der Waals surface area contributed by atoms with Gasteiger partial charge in [0.05, 0.1) is 0 Å². The van der Waals surface area contributed by atoms with E-state index < -0.39 is 53.5 Å². The molecule has 0 unspecified atom stereocenters. The van der Waals surface area contributed by atoms with Gasteiger partial charge in [0.15, 0.2) is 27.1 Å². The second-order valence-electron chi connectivity index (χ2n) is 12.9. The Morgan fingerprint density at radius 3 is 0.786 bits per heavy atom. The van der Waals surface area contributed by atoms with Crippen molar-refractivity contribution in [3.05, 3.63) is 0 Å². The standard InChI is InChI=1S/C30H69O6Si6/c1-10-13-16-19-22-25-28-40(31-37(4)5)34-41(32-38(6)7,29-26-23-20-17-14-11-2)36-42(35-40,33-39(8)9)30-27-24-21-18-15-12-3/h10-30H2,1-9H3. The normalized spacial score (nSPS) is 24.9. The van der Waals surface area contributed by atoms with Gasteiger partial charge in [-0.15, -0.1) is 0 Å². The minimum atomic E-state index is -3.05. The van der Waals surface area contributed by atoms with Gasteiger partial charge in [-0.05, 0) is 58.5 Å². The summed E-state index contributed by atoms with van der Waals surface area (Å²) in [5, 5.41) is 0. The lowest BCUT2D eigenvalue weighted by molar-refractivity contribution is 0.0786. The van der Waals surface area contributed by atoms with E-state index in [1.807, 2.05) is 0 Å². The SMILES string of the molecule is CCCCCCCC[Si]1(O[Si](C)C)O[Si](CCCCCCCC)(O[Si](C)C)O[Si](CCCCCCCC)(O[Si](C)C)O1. The second-order valence-corrected chi connectivity index (χ2v) is 28.9. The first kappa shape index (κ1) is 41.1. The maximum absolute atomic E-state index is 7.24. The van der Waals surface area contributed by atoms with E-state index in [0.29, 0.717) is 0 Å². The topological polar surface area (TPSA) is 55.4 Å². The Hall–Kier alpha value is 1.06. The Kier molecular flexibility index (Phi) is 22.9. The lowest BCUT2D eigenvalue weighted by Crippen LogP contribution is -2.74. The molecule has 0 aliphatic carbocycles. The molecule has 0 bridgehead atoms. The average Bonchev–Trinajstić information content (AvgIpc) is 2.88. The molecule has 1 rings (SSSR count). The zero-order valence-electron chi connectivity index (χ0n) is 29.3. The first-order valence-corrected chi connectivity index (χ1v) is 30.7. The Bertz CT molecular complexity index is 566. The van der Waals surface area contributed by atoms with Gasteiger partial charge in [0.25, 0.3) is 0 Å². The smallest absolute Gasteiger partial charge is 0.416 e. The van der Waals surface area contributed by atoms with Crippen molar-refractivity contribution in [2.24, 2.45) is 0 Å². The first-order valence-electron chi connectivity index (χ1n) is 17.6. The van der Waals surface area contributed by atoms with E-state index in [9.17, 15) is 0 Å². The van der Waals surface area contributed by atoms with Crippen LogP contribution in [0.4, 0.5) is 0 Å². The summed E-state index contributed by atoms with van der Waals surface area (Å²) in [4.78, 5) is 0. The molecule has 0 aromatic rings. The van der Waals surface area contributed by atoms with Crippen LogP contribution in [-0.2, 0) is 24.7 Å². The molecular formula is C30H69O6Si6. The van der Waals surface area contributed by atoms with Crippen molar-refractivity contribution in [1.29, 1.82) is 0 Å². The summed E-state index contributed by atoms with van der Waals surface area (Å²) in [6.07, 6.45) is 22.4. The molecule has 0 aromatic carbocycles.